The molecule has 6 nitrogen and oxygen atoms in total. The number of hydrogen-bond acceptors (Lipinski definition) is 4. The molecule has 126 valence electrons. The lowest BCUT2D eigenvalue weighted by atomic mass is 10.4. The zero-order valence-corrected chi connectivity index (χ0v) is 15.0. The Morgan fingerprint density at radius 2 is 2.00 bits per heavy atom. The maximum Gasteiger partial charge on any atom is 0.191 e. The summed E-state index contributed by atoms with van der Waals surface area (Å²) in [5.41, 5.74) is 0. The van der Waals surface area contributed by atoms with Crippen LogP contribution in [0, 0.1) is 0 Å². The largest absolute Gasteiger partial charge is 0.357 e. The van der Waals surface area contributed by atoms with Gasteiger partial charge in [0.25, 0.3) is 0 Å². The van der Waals surface area contributed by atoms with E-state index < -0.39 is 0 Å². The van der Waals surface area contributed by atoms with Gasteiger partial charge in [0, 0.05) is 35.8 Å². The third kappa shape index (κ3) is 5.35. The fraction of sp³-hybridized carbons (Fsp3) is 0.562. The zero-order chi connectivity index (χ0) is 16.5. The van der Waals surface area contributed by atoms with Crippen molar-refractivity contribution >= 4 is 17.3 Å². The van der Waals surface area contributed by atoms with Gasteiger partial charge in [-0.1, -0.05) is 13.8 Å². The van der Waals surface area contributed by atoms with Crippen LogP contribution >= 0.6 is 11.3 Å². The molecule has 0 fully saturated rings. The topological polar surface area (TPSA) is 67.1 Å². The molecule has 0 bridgehead atoms. The number of guanidine groups is 1. The van der Waals surface area contributed by atoms with E-state index >= 15 is 0 Å². The molecular formula is C16H26N6S. The van der Waals surface area contributed by atoms with Crippen molar-refractivity contribution in [1.29, 1.82) is 0 Å². The van der Waals surface area contributed by atoms with E-state index in [1.165, 1.54) is 9.75 Å². The van der Waals surface area contributed by atoms with Crippen molar-refractivity contribution in [2.45, 2.75) is 46.7 Å². The van der Waals surface area contributed by atoms with E-state index in [2.05, 4.69) is 63.3 Å². The molecule has 0 amide bonds. The van der Waals surface area contributed by atoms with Gasteiger partial charge in [-0.25, -0.2) is 4.99 Å². The van der Waals surface area contributed by atoms with Crippen LogP contribution in [0.5, 0.6) is 0 Å². The van der Waals surface area contributed by atoms with Crippen molar-refractivity contribution in [3.63, 3.8) is 0 Å². The van der Waals surface area contributed by atoms with Gasteiger partial charge in [-0.15, -0.1) is 21.5 Å². The Morgan fingerprint density at radius 3 is 2.70 bits per heavy atom. The highest BCUT2D eigenvalue weighted by molar-refractivity contribution is 7.11. The maximum atomic E-state index is 4.66. The maximum absolute atomic E-state index is 4.66. The van der Waals surface area contributed by atoms with Crippen LogP contribution in [0.2, 0.25) is 0 Å². The second-order valence-corrected chi connectivity index (χ2v) is 6.39. The van der Waals surface area contributed by atoms with Crippen molar-refractivity contribution in [1.82, 2.24) is 25.4 Å². The number of thiophene rings is 1. The predicted octanol–water partition coefficient (Wildman–Crippen LogP) is 2.22. The minimum Gasteiger partial charge on any atom is -0.357 e. The van der Waals surface area contributed by atoms with E-state index in [0.29, 0.717) is 6.54 Å². The summed E-state index contributed by atoms with van der Waals surface area (Å²) in [5.74, 6) is 1.87. The molecule has 0 aromatic carbocycles. The van der Waals surface area contributed by atoms with Gasteiger partial charge in [0.05, 0.1) is 6.54 Å². The van der Waals surface area contributed by atoms with Crippen LogP contribution < -0.4 is 10.6 Å². The number of hydrogen-bond donors (Lipinski definition) is 2. The molecule has 23 heavy (non-hydrogen) atoms. The molecule has 2 heterocycles. The first-order chi connectivity index (χ1) is 11.3. The van der Waals surface area contributed by atoms with Crippen LogP contribution in [0.3, 0.4) is 0 Å². The number of aliphatic imine (C=N–C) groups is 1. The van der Waals surface area contributed by atoms with Gasteiger partial charge in [0.1, 0.15) is 12.2 Å². The van der Waals surface area contributed by atoms with Crippen LogP contribution in [0.25, 0.3) is 0 Å². The summed E-state index contributed by atoms with van der Waals surface area (Å²) in [5, 5.41) is 14.7. The second kappa shape index (κ2) is 9.29. The Labute approximate surface area is 142 Å². The van der Waals surface area contributed by atoms with E-state index in [1.807, 2.05) is 11.3 Å². The number of aryl methyl sites for hydroxylation is 2. The molecular weight excluding hydrogens is 308 g/mol. The van der Waals surface area contributed by atoms with Gasteiger partial charge >= 0.3 is 0 Å². The van der Waals surface area contributed by atoms with Gasteiger partial charge < -0.3 is 15.2 Å². The van der Waals surface area contributed by atoms with Gasteiger partial charge in [-0.3, -0.25) is 0 Å². The lowest BCUT2D eigenvalue weighted by Gasteiger charge is -2.12. The van der Waals surface area contributed by atoms with E-state index in [4.69, 9.17) is 0 Å². The Balaban J connectivity index is 1.86. The third-order valence-electron chi connectivity index (χ3n) is 3.46. The second-order valence-electron chi connectivity index (χ2n) is 5.14. The molecule has 2 aromatic heterocycles. The molecule has 2 aromatic rings. The highest BCUT2D eigenvalue weighted by Gasteiger charge is 2.03. The van der Waals surface area contributed by atoms with Gasteiger partial charge in [0.2, 0.25) is 0 Å². The average Bonchev–Trinajstić information content (AvgIpc) is 3.21. The fourth-order valence-electron chi connectivity index (χ4n) is 2.23. The van der Waals surface area contributed by atoms with Gasteiger partial charge in [-0.05, 0) is 25.5 Å². The quantitative estimate of drug-likeness (QED) is 0.574. The summed E-state index contributed by atoms with van der Waals surface area (Å²) >= 11 is 1.84. The van der Waals surface area contributed by atoms with Crippen molar-refractivity contribution in [3.8, 4) is 0 Å². The summed E-state index contributed by atoms with van der Waals surface area (Å²) in [7, 11) is 0. The molecule has 0 spiro atoms. The summed E-state index contributed by atoms with van der Waals surface area (Å²) < 4.78 is 2.07. The molecule has 2 N–H and O–H groups in total. The Hall–Kier alpha value is -1.89. The Morgan fingerprint density at radius 1 is 1.17 bits per heavy atom. The smallest absolute Gasteiger partial charge is 0.191 e. The minimum atomic E-state index is 0.715. The lowest BCUT2D eigenvalue weighted by Crippen LogP contribution is -2.38. The standard InChI is InChI=1S/C16H26N6S/c1-4-13-7-8-14(23-13)11-19-16(17-6-3)18-9-10-22-12-20-21-15(22)5-2/h7-8,12H,4-6,9-11H2,1-3H3,(H2,17,18,19). The van der Waals surface area contributed by atoms with Crippen LogP contribution in [-0.2, 0) is 25.9 Å². The molecule has 0 unspecified atom stereocenters. The number of aromatic nitrogens is 3. The first-order valence-electron chi connectivity index (χ1n) is 8.23. The van der Waals surface area contributed by atoms with Crippen molar-refractivity contribution < 1.29 is 0 Å². The number of nitrogens with one attached hydrogen (secondary N) is 2. The van der Waals surface area contributed by atoms with E-state index in [0.717, 1.165) is 44.3 Å². The van der Waals surface area contributed by atoms with Gasteiger partial charge in [0.15, 0.2) is 5.96 Å². The fourth-order valence-corrected chi connectivity index (χ4v) is 3.11. The summed E-state index contributed by atoms with van der Waals surface area (Å²) in [6.45, 7) is 9.54. The molecule has 0 aliphatic heterocycles. The molecule has 7 heteroatoms. The lowest BCUT2D eigenvalue weighted by molar-refractivity contribution is 0.633. The van der Waals surface area contributed by atoms with Crippen LogP contribution in [0.1, 0.15) is 36.3 Å². The molecule has 0 aliphatic carbocycles. The first-order valence-corrected chi connectivity index (χ1v) is 9.04. The molecule has 0 radical (unpaired) electrons. The minimum absolute atomic E-state index is 0.715. The molecule has 0 aliphatic rings. The summed E-state index contributed by atoms with van der Waals surface area (Å²) in [6.07, 6.45) is 3.76. The van der Waals surface area contributed by atoms with Crippen LogP contribution in [0.15, 0.2) is 23.5 Å². The van der Waals surface area contributed by atoms with Gasteiger partial charge in [-0.2, -0.15) is 0 Å². The van der Waals surface area contributed by atoms with Crippen LogP contribution in [0.4, 0.5) is 0 Å². The van der Waals surface area contributed by atoms with Crippen LogP contribution in [-0.4, -0.2) is 33.8 Å². The summed E-state index contributed by atoms with van der Waals surface area (Å²) in [6, 6.07) is 4.36. The Bertz CT molecular complexity index is 616. The van der Waals surface area contributed by atoms with Crippen molar-refractivity contribution in [2.24, 2.45) is 4.99 Å². The van der Waals surface area contributed by atoms with E-state index in [-0.39, 0.29) is 0 Å². The summed E-state index contributed by atoms with van der Waals surface area (Å²) in [4.78, 5) is 7.36. The predicted molar refractivity (Wildman–Crippen MR) is 95.9 cm³/mol. The highest BCUT2D eigenvalue weighted by Crippen LogP contribution is 2.17. The van der Waals surface area contributed by atoms with E-state index in [1.54, 1.807) is 6.33 Å². The molecule has 0 saturated heterocycles. The normalized spacial score (nSPS) is 11.7. The number of rotatable bonds is 8. The van der Waals surface area contributed by atoms with Crippen molar-refractivity contribution in [3.05, 3.63) is 34.0 Å². The van der Waals surface area contributed by atoms with Crippen molar-refractivity contribution in [2.75, 3.05) is 13.1 Å². The first kappa shape index (κ1) is 17.5. The number of nitrogens with zero attached hydrogens (tertiary/aromatic N) is 4. The average molecular weight is 334 g/mol. The Kier molecular flexibility index (Phi) is 7.06. The third-order valence-corrected chi connectivity index (χ3v) is 4.67. The molecule has 0 saturated carbocycles. The molecule has 2 rings (SSSR count). The zero-order valence-electron chi connectivity index (χ0n) is 14.2. The monoisotopic (exact) mass is 334 g/mol. The van der Waals surface area contributed by atoms with E-state index in [9.17, 15) is 0 Å². The SMILES string of the molecule is CCNC(=NCc1ccc(CC)s1)NCCn1cnnc1CC. The highest BCUT2D eigenvalue weighted by atomic mass is 32.1. The molecule has 0 atom stereocenters.